The molecule has 5 nitrogen and oxygen atoms in total. The summed E-state index contributed by atoms with van der Waals surface area (Å²) in [6, 6.07) is 51.9. The molecular weight excluding hydrogens is 625 g/mol. The van der Waals surface area contributed by atoms with Crippen LogP contribution in [0.1, 0.15) is 0 Å². The summed E-state index contributed by atoms with van der Waals surface area (Å²) in [5.74, 6) is 0.866. The van der Waals surface area contributed by atoms with Crippen molar-refractivity contribution in [2.45, 2.75) is 0 Å². The lowest BCUT2D eigenvalue weighted by molar-refractivity contribution is 0.669. The van der Waals surface area contributed by atoms with E-state index in [1.165, 1.54) is 43.1 Å². The third-order valence-electron chi connectivity index (χ3n) is 10.8. The predicted octanol–water partition coefficient (Wildman–Crippen LogP) is 12.0. The van der Waals surface area contributed by atoms with E-state index in [0.29, 0.717) is 0 Å². The SMILES string of the molecule is c1ccc(-n2c3cc(-n4c5ccccc5c5cc6c7ccccc7c7cccnc7c6cc54)ccc3c3ccc4oc5ccccc5c4c32)nc1. The van der Waals surface area contributed by atoms with Gasteiger partial charge in [-0.2, -0.15) is 0 Å². The van der Waals surface area contributed by atoms with Gasteiger partial charge in [-0.3, -0.25) is 9.55 Å². The lowest BCUT2D eigenvalue weighted by atomic mass is 9.95. The Bertz CT molecular complexity index is 3420. The van der Waals surface area contributed by atoms with Crippen LogP contribution in [0.4, 0.5) is 0 Å². The summed E-state index contributed by atoms with van der Waals surface area (Å²) in [6.07, 6.45) is 3.77. The zero-order chi connectivity index (χ0) is 33.2. The van der Waals surface area contributed by atoms with E-state index < -0.39 is 0 Å². The van der Waals surface area contributed by atoms with Gasteiger partial charge in [0, 0.05) is 55.8 Å². The van der Waals surface area contributed by atoms with Crippen molar-refractivity contribution in [1.29, 1.82) is 0 Å². The third kappa shape index (κ3) is 3.54. The highest BCUT2D eigenvalue weighted by Gasteiger charge is 2.22. The number of nitrogens with zero attached hydrogens (tertiary/aromatic N) is 4. The molecule has 0 radical (unpaired) electrons. The van der Waals surface area contributed by atoms with Gasteiger partial charge >= 0.3 is 0 Å². The molecule has 0 saturated heterocycles. The van der Waals surface area contributed by atoms with Gasteiger partial charge < -0.3 is 8.98 Å². The lowest BCUT2D eigenvalue weighted by Gasteiger charge is -2.13. The normalized spacial score (nSPS) is 12.3. The van der Waals surface area contributed by atoms with E-state index in [0.717, 1.165) is 66.4 Å². The van der Waals surface area contributed by atoms with E-state index in [1.807, 2.05) is 36.7 Å². The maximum atomic E-state index is 6.38. The Morgan fingerprint density at radius 2 is 1.10 bits per heavy atom. The largest absolute Gasteiger partial charge is 0.456 e. The van der Waals surface area contributed by atoms with Gasteiger partial charge in [-0.25, -0.2) is 4.98 Å². The topological polar surface area (TPSA) is 48.8 Å². The highest BCUT2D eigenvalue weighted by Crippen LogP contribution is 2.43. The van der Waals surface area contributed by atoms with E-state index >= 15 is 0 Å². The zero-order valence-corrected chi connectivity index (χ0v) is 27.2. The quantitative estimate of drug-likeness (QED) is 0.175. The minimum absolute atomic E-state index is 0.866. The zero-order valence-electron chi connectivity index (χ0n) is 27.2. The van der Waals surface area contributed by atoms with Crippen molar-refractivity contribution in [3.63, 3.8) is 0 Å². The first-order valence-electron chi connectivity index (χ1n) is 17.2. The number of hydrogen-bond acceptors (Lipinski definition) is 3. The number of rotatable bonds is 2. The summed E-state index contributed by atoms with van der Waals surface area (Å²) in [5.41, 5.74) is 8.34. The predicted molar refractivity (Wildman–Crippen MR) is 211 cm³/mol. The molecule has 0 atom stereocenters. The summed E-state index contributed by atoms with van der Waals surface area (Å²) in [6.45, 7) is 0. The maximum absolute atomic E-state index is 6.38. The van der Waals surface area contributed by atoms with E-state index in [1.54, 1.807) is 0 Å². The van der Waals surface area contributed by atoms with Crippen molar-refractivity contribution in [2.24, 2.45) is 0 Å². The van der Waals surface area contributed by atoms with Crippen LogP contribution in [-0.4, -0.2) is 19.1 Å². The molecule has 0 aliphatic rings. The van der Waals surface area contributed by atoms with Crippen LogP contribution in [0, 0.1) is 0 Å². The fourth-order valence-electron chi connectivity index (χ4n) is 8.67. The van der Waals surface area contributed by atoms with Crippen LogP contribution in [0.3, 0.4) is 0 Å². The first-order chi connectivity index (χ1) is 25.3. The molecule has 0 aliphatic carbocycles. The summed E-state index contributed by atoms with van der Waals surface area (Å²) in [7, 11) is 0. The number of fused-ring (bicyclic) bond motifs is 16. The van der Waals surface area contributed by atoms with Gasteiger partial charge in [-0.15, -0.1) is 0 Å². The molecule has 12 rings (SSSR count). The highest BCUT2D eigenvalue weighted by molar-refractivity contribution is 6.28. The first kappa shape index (κ1) is 26.9. The van der Waals surface area contributed by atoms with Gasteiger partial charge in [0.25, 0.3) is 0 Å². The minimum Gasteiger partial charge on any atom is -0.456 e. The first-order valence-corrected chi connectivity index (χ1v) is 17.2. The van der Waals surface area contributed by atoms with Gasteiger partial charge in [-0.1, -0.05) is 78.9 Å². The van der Waals surface area contributed by atoms with Gasteiger partial charge in [0.1, 0.15) is 17.0 Å². The molecule has 0 aliphatic heterocycles. The molecule has 0 saturated carbocycles. The summed E-state index contributed by atoms with van der Waals surface area (Å²) in [5, 5.41) is 13.0. The van der Waals surface area contributed by atoms with Crippen molar-refractivity contribution < 1.29 is 4.42 Å². The number of para-hydroxylation sites is 2. The summed E-state index contributed by atoms with van der Waals surface area (Å²) in [4.78, 5) is 9.84. The standard InChI is InChI=1S/C46H26N4O/c1-2-11-29-28(10-1)32-14-9-23-48-45(32)37-26-40-36(25-35(29)37)30-12-3-5-15-38(30)49(40)27-18-19-31-33-20-21-42-44(34-13-4-6-16-41(34)51-42)46(33)50(39(31)24-27)43-17-7-8-22-47-43/h1-26H. The van der Waals surface area contributed by atoms with Crippen LogP contribution < -0.4 is 0 Å². The van der Waals surface area contributed by atoms with Gasteiger partial charge in [0.2, 0.25) is 0 Å². The van der Waals surface area contributed by atoms with E-state index in [9.17, 15) is 0 Å². The minimum atomic E-state index is 0.866. The molecule has 0 unspecified atom stereocenters. The smallest absolute Gasteiger partial charge is 0.137 e. The van der Waals surface area contributed by atoms with Crippen LogP contribution in [0.5, 0.6) is 0 Å². The van der Waals surface area contributed by atoms with Crippen molar-refractivity contribution in [1.82, 2.24) is 19.1 Å². The molecule has 5 heterocycles. The fourth-order valence-corrected chi connectivity index (χ4v) is 8.67. The van der Waals surface area contributed by atoms with Crippen LogP contribution in [-0.2, 0) is 0 Å². The van der Waals surface area contributed by atoms with E-state index in [-0.39, 0.29) is 0 Å². The molecular formula is C46H26N4O. The average molecular weight is 651 g/mol. The van der Waals surface area contributed by atoms with Crippen molar-refractivity contribution >= 4 is 98.0 Å². The molecule has 0 spiro atoms. The molecule has 5 aromatic heterocycles. The molecule has 12 aromatic rings. The van der Waals surface area contributed by atoms with Gasteiger partial charge in [-0.05, 0) is 82.9 Å². The van der Waals surface area contributed by atoms with Crippen molar-refractivity contribution in [3.05, 3.63) is 158 Å². The third-order valence-corrected chi connectivity index (χ3v) is 10.8. The fraction of sp³-hybridized carbons (Fsp3) is 0. The number of pyridine rings is 2. The number of benzene rings is 7. The highest BCUT2D eigenvalue weighted by atomic mass is 16.3. The molecule has 7 aromatic carbocycles. The second-order valence-corrected chi connectivity index (χ2v) is 13.4. The Morgan fingerprint density at radius 1 is 0.392 bits per heavy atom. The van der Waals surface area contributed by atoms with Gasteiger partial charge in [0.15, 0.2) is 0 Å². The molecule has 0 bridgehead atoms. The van der Waals surface area contributed by atoms with Crippen LogP contribution >= 0.6 is 0 Å². The van der Waals surface area contributed by atoms with Crippen LogP contribution in [0.25, 0.3) is 110 Å². The number of hydrogen-bond donors (Lipinski definition) is 0. The van der Waals surface area contributed by atoms with Crippen molar-refractivity contribution in [2.75, 3.05) is 0 Å². The molecule has 0 N–H and O–H groups in total. The summed E-state index contributed by atoms with van der Waals surface area (Å²) < 4.78 is 11.1. The second kappa shape index (κ2) is 9.80. The lowest BCUT2D eigenvalue weighted by Crippen LogP contribution is -1.98. The molecule has 0 fully saturated rings. The summed E-state index contributed by atoms with van der Waals surface area (Å²) >= 11 is 0. The Morgan fingerprint density at radius 3 is 1.98 bits per heavy atom. The Balaban J connectivity index is 1.23. The Kier molecular flexibility index (Phi) is 5.17. The monoisotopic (exact) mass is 650 g/mol. The van der Waals surface area contributed by atoms with E-state index in [2.05, 4.69) is 130 Å². The van der Waals surface area contributed by atoms with E-state index in [4.69, 9.17) is 14.4 Å². The molecule has 0 amide bonds. The average Bonchev–Trinajstić information content (AvgIpc) is 3.84. The molecule has 236 valence electrons. The molecule has 5 heteroatoms. The Labute approximate surface area is 290 Å². The van der Waals surface area contributed by atoms with Crippen molar-refractivity contribution in [3.8, 4) is 11.5 Å². The number of aromatic nitrogens is 4. The van der Waals surface area contributed by atoms with Gasteiger partial charge in [0.05, 0.1) is 33.0 Å². The Hall–Kier alpha value is -6.98. The molecule has 51 heavy (non-hydrogen) atoms. The second-order valence-electron chi connectivity index (χ2n) is 13.4. The maximum Gasteiger partial charge on any atom is 0.137 e. The van der Waals surface area contributed by atoms with Crippen LogP contribution in [0.2, 0.25) is 0 Å². The van der Waals surface area contributed by atoms with Crippen LogP contribution in [0.15, 0.2) is 162 Å². The number of furan rings is 1.